The zero-order valence-electron chi connectivity index (χ0n) is 23.5. The number of aliphatic hydroxyl groups excluding tert-OH is 12. The lowest BCUT2D eigenvalue weighted by molar-refractivity contribution is -0.383. The molecule has 4 saturated heterocycles. The Kier molecular flexibility index (Phi) is 12.1. The van der Waals surface area contributed by atoms with Crippen LogP contribution in [0.3, 0.4) is 0 Å². The van der Waals surface area contributed by atoms with Crippen molar-refractivity contribution in [2.75, 3.05) is 13.2 Å². The second-order valence-corrected chi connectivity index (χ2v) is 11.2. The Morgan fingerprint density at radius 3 is 1.56 bits per heavy atom. The summed E-state index contributed by atoms with van der Waals surface area (Å²) >= 11 is 0. The topological polar surface area (TPSA) is 345 Å². The Morgan fingerprint density at radius 2 is 1.00 bits per heavy atom. The molecule has 0 aromatic carbocycles. The highest BCUT2D eigenvalue weighted by Gasteiger charge is 2.56. The maximum atomic E-state index is 12.1. The van der Waals surface area contributed by atoms with E-state index < -0.39 is 142 Å². The molecule has 4 aliphatic heterocycles. The van der Waals surface area contributed by atoms with E-state index in [0.29, 0.717) is 0 Å². The summed E-state index contributed by atoms with van der Waals surface area (Å²) in [5.41, 5.74) is 0. The Balaban J connectivity index is 1.46. The van der Waals surface area contributed by atoms with Crippen LogP contribution in [0.1, 0.15) is 6.92 Å². The number of hydrogen-bond acceptors (Lipinski definition) is 20. The van der Waals surface area contributed by atoms with E-state index in [2.05, 4.69) is 0 Å². The number of carboxylic acids is 1. The van der Waals surface area contributed by atoms with Crippen LogP contribution in [-0.2, 0) is 38.0 Å². The molecule has 0 radical (unpaired) electrons. The van der Waals surface area contributed by atoms with E-state index in [9.17, 15) is 71.2 Å². The molecule has 45 heavy (non-hydrogen) atoms. The van der Waals surface area contributed by atoms with Crippen LogP contribution in [-0.4, -0.2) is 208 Å². The van der Waals surface area contributed by atoms with E-state index >= 15 is 0 Å². The van der Waals surface area contributed by atoms with Gasteiger partial charge in [0.1, 0.15) is 85.5 Å². The third-order valence-electron chi connectivity index (χ3n) is 8.13. The molecule has 1 unspecified atom stereocenters. The summed E-state index contributed by atoms with van der Waals surface area (Å²) < 4.78 is 37.1. The van der Waals surface area contributed by atoms with Crippen molar-refractivity contribution < 1.29 is 104 Å². The number of hydrogen-bond donors (Lipinski definition) is 13. The maximum absolute atomic E-state index is 12.1. The minimum absolute atomic E-state index is 0.803. The van der Waals surface area contributed by atoms with Gasteiger partial charge >= 0.3 is 5.97 Å². The van der Waals surface area contributed by atoms with Crippen molar-refractivity contribution in [3.8, 4) is 0 Å². The molecule has 0 aromatic rings. The van der Waals surface area contributed by atoms with Crippen molar-refractivity contribution in [3.63, 3.8) is 0 Å². The zero-order valence-corrected chi connectivity index (χ0v) is 23.5. The van der Waals surface area contributed by atoms with Gasteiger partial charge in [0.15, 0.2) is 31.3 Å². The van der Waals surface area contributed by atoms with E-state index in [1.54, 1.807) is 0 Å². The van der Waals surface area contributed by atoms with Crippen LogP contribution < -0.4 is 0 Å². The zero-order chi connectivity index (χ0) is 33.5. The molecule has 0 aliphatic carbocycles. The summed E-state index contributed by atoms with van der Waals surface area (Å²) in [4.78, 5) is 12.1. The molecular weight excluding hydrogens is 624 g/mol. The highest BCUT2D eigenvalue weighted by atomic mass is 16.8. The summed E-state index contributed by atoms with van der Waals surface area (Å²) in [6.45, 7) is -0.422. The molecule has 0 aromatic heterocycles. The third kappa shape index (κ3) is 7.26. The van der Waals surface area contributed by atoms with Crippen LogP contribution in [0.2, 0.25) is 0 Å². The molecule has 13 N–H and O–H groups in total. The fourth-order valence-electron chi connectivity index (χ4n) is 5.45. The first-order valence-electron chi connectivity index (χ1n) is 14.0. The molecule has 4 aliphatic rings. The lowest BCUT2D eigenvalue weighted by Crippen LogP contribution is -2.67. The van der Waals surface area contributed by atoms with E-state index in [0.717, 1.165) is 0 Å². The first-order chi connectivity index (χ1) is 21.1. The van der Waals surface area contributed by atoms with Crippen molar-refractivity contribution in [1.29, 1.82) is 0 Å². The van der Waals surface area contributed by atoms with Gasteiger partial charge in [-0.1, -0.05) is 0 Å². The first-order valence-corrected chi connectivity index (χ1v) is 14.0. The van der Waals surface area contributed by atoms with Gasteiger partial charge in [0.2, 0.25) is 0 Å². The lowest BCUT2D eigenvalue weighted by Gasteiger charge is -2.48. The summed E-state index contributed by atoms with van der Waals surface area (Å²) in [7, 11) is 0. The minimum Gasteiger partial charge on any atom is -0.479 e. The maximum Gasteiger partial charge on any atom is 0.335 e. The van der Waals surface area contributed by atoms with Crippen molar-refractivity contribution in [3.05, 3.63) is 0 Å². The molecule has 0 spiro atoms. The van der Waals surface area contributed by atoms with E-state index in [4.69, 9.17) is 33.2 Å². The molecule has 21 heteroatoms. The number of carboxylic acid groups (broad SMARTS) is 1. The highest BCUT2D eigenvalue weighted by molar-refractivity contribution is 5.73. The van der Waals surface area contributed by atoms with Gasteiger partial charge in [0.05, 0.1) is 19.3 Å². The Morgan fingerprint density at radius 1 is 0.533 bits per heavy atom. The second-order valence-electron chi connectivity index (χ2n) is 11.2. The normalized spacial score (nSPS) is 52.8. The molecular formula is C24H40O21. The predicted molar refractivity (Wildman–Crippen MR) is 133 cm³/mol. The van der Waals surface area contributed by atoms with Crippen LogP contribution in [0.4, 0.5) is 0 Å². The molecule has 262 valence electrons. The summed E-state index contributed by atoms with van der Waals surface area (Å²) in [5.74, 6) is -1.78. The second kappa shape index (κ2) is 14.9. The third-order valence-corrected chi connectivity index (χ3v) is 8.13. The highest BCUT2D eigenvalue weighted by Crippen LogP contribution is 2.34. The standard InChI is InChI=1S/C24H40O21/c1-4-7(27)17(15(35)21(38)39-4)43-24-14(34)11(31)18(19(45-24)20(36)37)44-23-13(33)10(30)16(6(3-26)41-23)42-22-12(32)9(29)8(28)5(2-25)40-22/h4-19,21-35,38H,2-3H2,1H3,(H,36,37)/t4-,5+,6+,7+,8-,9-,10+,11+,12+,13+,14+,15-,16+,17+,18-,19-,21?,22-,23+,24-/m0/s1. The van der Waals surface area contributed by atoms with Gasteiger partial charge in [0, 0.05) is 0 Å². The minimum atomic E-state index is -2.18. The van der Waals surface area contributed by atoms with Crippen molar-refractivity contribution in [1.82, 2.24) is 0 Å². The van der Waals surface area contributed by atoms with Gasteiger partial charge in [-0.2, -0.15) is 0 Å². The number of aliphatic carboxylic acids is 1. The average Bonchev–Trinajstić information content (AvgIpc) is 3.00. The Labute approximate surface area is 253 Å². The van der Waals surface area contributed by atoms with Crippen molar-refractivity contribution in [2.45, 2.75) is 130 Å². The first kappa shape index (κ1) is 36.5. The smallest absolute Gasteiger partial charge is 0.335 e. The van der Waals surface area contributed by atoms with E-state index in [-0.39, 0.29) is 0 Å². The van der Waals surface area contributed by atoms with E-state index in [1.807, 2.05) is 0 Å². The van der Waals surface area contributed by atoms with Gasteiger partial charge in [-0.25, -0.2) is 4.79 Å². The quantitative estimate of drug-likeness (QED) is 0.109. The van der Waals surface area contributed by atoms with Gasteiger partial charge in [-0.05, 0) is 6.92 Å². The molecule has 0 bridgehead atoms. The van der Waals surface area contributed by atoms with Gasteiger partial charge in [0.25, 0.3) is 0 Å². The molecule has 0 amide bonds. The average molecular weight is 665 g/mol. The number of ether oxygens (including phenoxy) is 7. The number of aliphatic hydroxyl groups is 12. The summed E-state index contributed by atoms with van der Waals surface area (Å²) in [5, 5.41) is 133. The van der Waals surface area contributed by atoms with Crippen LogP contribution in [0.15, 0.2) is 0 Å². The molecule has 4 rings (SSSR count). The summed E-state index contributed by atoms with van der Waals surface area (Å²) in [6.07, 6.45) is -36.8. The largest absolute Gasteiger partial charge is 0.479 e. The van der Waals surface area contributed by atoms with E-state index in [1.165, 1.54) is 6.92 Å². The fraction of sp³-hybridized carbons (Fsp3) is 0.958. The van der Waals surface area contributed by atoms with Crippen molar-refractivity contribution in [2.24, 2.45) is 0 Å². The van der Waals surface area contributed by atoms with Gasteiger partial charge in [-0.15, -0.1) is 0 Å². The fourth-order valence-corrected chi connectivity index (χ4v) is 5.45. The molecule has 21 nitrogen and oxygen atoms in total. The summed E-state index contributed by atoms with van der Waals surface area (Å²) in [6, 6.07) is 0. The van der Waals surface area contributed by atoms with Crippen LogP contribution in [0.5, 0.6) is 0 Å². The Hall–Kier alpha value is -1.29. The number of carbonyl (C=O) groups is 1. The molecule has 0 saturated carbocycles. The molecule has 4 heterocycles. The van der Waals surface area contributed by atoms with Gasteiger partial charge in [-0.3, -0.25) is 0 Å². The molecule has 20 atom stereocenters. The van der Waals surface area contributed by atoms with Crippen LogP contribution in [0, 0.1) is 0 Å². The number of rotatable bonds is 9. The van der Waals surface area contributed by atoms with Crippen molar-refractivity contribution >= 4 is 5.97 Å². The van der Waals surface area contributed by atoms with Gasteiger partial charge < -0.3 is 99.5 Å². The van der Waals surface area contributed by atoms with Crippen LogP contribution in [0.25, 0.3) is 0 Å². The lowest BCUT2D eigenvalue weighted by atomic mass is 9.95. The Bertz CT molecular complexity index is 957. The van der Waals surface area contributed by atoms with Crippen LogP contribution >= 0.6 is 0 Å². The predicted octanol–water partition coefficient (Wildman–Crippen LogP) is -8.63. The SMILES string of the molecule is C[C@@H]1OC(O)[C@@H](O)[C@H](O[C@H]2O[C@H](C(=O)O)[C@@H](O[C@H]3O[C@H](CO)[C@@H](O[C@@H]4O[C@H](CO)[C@H](O)[C@H](O)[C@H]4O)[C@H](O)[C@H]3O)[C@H](O)[C@H]2O)[C@@H]1O. The monoisotopic (exact) mass is 664 g/mol. The molecule has 4 fully saturated rings.